The second-order valence-corrected chi connectivity index (χ2v) is 12.3. The van der Waals surface area contributed by atoms with Gasteiger partial charge in [-0.15, -0.1) is 0 Å². The summed E-state index contributed by atoms with van der Waals surface area (Å²) in [6.07, 6.45) is -1.05. The summed E-state index contributed by atoms with van der Waals surface area (Å²) in [6, 6.07) is 7.68. The Kier molecular flexibility index (Phi) is 10.6. The third-order valence-corrected chi connectivity index (χ3v) is 6.26. The molecule has 2 amide bonds. The first kappa shape index (κ1) is 31.4. The minimum Gasteiger partial charge on any atom is -0.480 e. The van der Waals surface area contributed by atoms with Gasteiger partial charge in [0.05, 0.1) is 18.7 Å². The van der Waals surface area contributed by atoms with Crippen LogP contribution in [0.15, 0.2) is 30.3 Å². The Labute approximate surface area is 227 Å². The summed E-state index contributed by atoms with van der Waals surface area (Å²) >= 11 is 0. The summed E-state index contributed by atoms with van der Waals surface area (Å²) in [5, 5.41) is 10.1. The molecule has 214 valence electrons. The molecule has 0 aromatic heterocycles. The summed E-state index contributed by atoms with van der Waals surface area (Å²) in [5.74, 6) is -0.891. The quantitative estimate of drug-likeness (QED) is 0.398. The first-order valence-electron chi connectivity index (χ1n) is 13.4. The molecule has 1 aliphatic heterocycles. The molecule has 38 heavy (non-hydrogen) atoms. The normalized spacial score (nSPS) is 19.9. The smallest absolute Gasteiger partial charge is 0.412 e. The second-order valence-electron chi connectivity index (χ2n) is 12.3. The van der Waals surface area contributed by atoms with Crippen LogP contribution in [0.25, 0.3) is 0 Å². The van der Waals surface area contributed by atoms with Crippen molar-refractivity contribution in [3.8, 4) is 0 Å². The number of aliphatic carboxylic acids is 1. The third kappa shape index (κ3) is 8.89. The molecule has 0 bridgehead atoms. The van der Waals surface area contributed by atoms with Crippen LogP contribution in [-0.2, 0) is 25.6 Å². The molecule has 9 nitrogen and oxygen atoms in total. The van der Waals surface area contributed by atoms with Gasteiger partial charge >= 0.3 is 18.2 Å². The molecular formula is C29H46N2O7. The number of carboxylic acid groups (broad SMARTS) is 1. The van der Waals surface area contributed by atoms with Crippen molar-refractivity contribution in [1.82, 2.24) is 9.80 Å². The van der Waals surface area contributed by atoms with E-state index in [1.54, 1.807) is 39.5 Å². The molecule has 9 heteroatoms. The summed E-state index contributed by atoms with van der Waals surface area (Å²) in [7, 11) is 0. The van der Waals surface area contributed by atoms with E-state index in [4.69, 9.17) is 14.2 Å². The number of hydrogen-bond donors (Lipinski definition) is 1. The average molecular weight is 535 g/mol. The van der Waals surface area contributed by atoms with Crippen molar-refractivity contribution in [3.05, 3.63) is 35.9 Å². The molecule has 1 saturated heterocycles. The summed E-state index contributed by atoms with van der Waals surface area (Å²) in [5.41, 5.74) is -0.932. The largest absolute Gasteiger partial charge is 0.480 e. The number of rotatable bonds is 10. The lowest BCUT2D eigenvalue weighted by Crippen LogP contribution is -2.53. The maximum atomic E-state index is 13.4. The van der Waals surface area contributed by atoms with E-state index in [2.05, 4.69) is 0 Å². The molecule has 1 aromatic rings. The number of carbonyl (C=O) groups excluding carboxylic acids is 2. The molecule has 1 aromatic carbocycles. The van der Waals surface area contributed by atoms with E-state index in [1.165, 1.54) is 4.90 Å². The van der Waals surface area contributed by atoms with Gasteiger partial charge in [-0.25, -0.2) is 14.4 Å². The lowest BCUT2D eigenvalue weighted by atomic mass is 9.96. The van der Waals surface area contributed by atoms with Crippen LogP contribution in [0.5, 0.6) is 0 Å². The topological polar surface area (TPSA) is 106 Å². The average Bonchev–Trinajstić information content (AvgIpc) is 3.02. The highest BCUT2D eigenvalue weighted by atomic mass is 16.6. The number of carboxylic acids is 1. The maximum Gasteiger partial charge on any atom is 0.412 e. The zero-order valence-corrected chi connectivity index (χ0v) is 24.4. The third-order valence-electron chi connectivity index (χ3n) is 6.26. The minimum atomic E-state index is -1.11. The van der Waals surface area contributed by atoms with Crippen LogP contribution in [0, 0.1) is 11.8 Å². The molecule has 0 saturated carbocycles. The van der Waals surface area contributed by atoms with Gasteiger partial charge in [0.2, 0.25) is 0 Å². The highest BCUT2D eigenvalue weighted by molar-refractivity contribution is 5.80. The molecular weight excluding hydrogens is 488 g/mol. The fourth-order valence-corrected chi connectivity index (χ4v) is 4.77. The van der Waals surface area contributed by atoms with Crippen molar-refractivity contribution in [2.24, 2.45) is 11.8 Å². The van der Waals surface area contributed by atoms with Gasteiger partial charge in [-0.1, -0.05) is 58.0 Å². The highest BCUT2D eigenvalue weighted by Gasteiger charge is 2.52. The van der Waals surface area contributed by atoms with Gasteiger partial charge in [0, 0.05) is 0 Å². The van der Waals surface area contributed by atoms with E-state index < -0.39 is 47.7 Å². The minimum absolute atomic E-state index is 0.0145. The van der Waals surface area contributed by atoms with E-state index in [0.29, 0.717) is 6.42 Å². The maximum absolute atomic E-state index is 13.4. The van der Waals surface area contributed by atoms with Crippen molar-refractivity contribution < 1.29 is 33.7 Å². The summed E-state index contributed by atoms with van der Waals surface area (Å²) in [4.78, 5) is 41.9. The van der Waals surface area contributed by atoms with Crippen molar-refractivity contribution in [2.75, 3.05) is 6.54 Å². The fraction of sp³-hybridized carbons (Fsp3) is 0.690. The standard InChI is InChI=1S/C29H46N2O7/c1-19(2)15-22-24(37-29(8,9)31(22)27(35)38-28(5,6)7)17-30(23(25(32)33)16-20(3)4)26(34)36-18-21-13-11-10-12-14-21/h10-14,19-20,22-24H,15-18H2,1-9H3,(H,32,33)/t22?,23-,24?/m0/s1. The van der Waals surface area contributed by atoms with Gasteiger partial charge in [-0.05, 0) is 64.9 Å². The Balaban J connectivity index is 2.41. The Morgan fingerprint density at radius 2 is 1.68 bits per heavy atom. The Bertz CT molecular complexity index is 940. The highest BCUT2D eigenvalue weighted by Crippen LogP contribution is 2.37. The van der Waals surface area contributed by atoms with Crippen molar-refractivity contribution in [1.29, 1.82) is 0 Å². The molecule has 0 spiro atoms. The van der Waals surface area contributed by atoms with Crippen LogP contribution in [-0.4, -0.2) is 69.1 Å². The predicted octanol–water partition coefficient (Wildman–Crippen LogP) is 5.91. The molecule has 0 aliphatic carbocycles. The predicted molar refractivity (Wildman–Crippen MR) is 144 cm³/mol. The number of benzene rings is 1. The van der Waals surface area contributed by atoms with Gasteiger partial charge < -0.3 is 19.3 Å². The first-order chi connectivity index (χ1) is 17.5. The molecule has 2 rings (SSSR count). The van der Waals surface area contributed by atoms with Gasteiger partial charge in [-0.3, -0.25) is 9.80 Å². The van der Waals surface area contributed by atoms with E-state index in [0.717, 1.165) is 5.56 Å². The van der Waals surface area contributed by atoms with E-state index in [-0.39, 0.29) is 31.4 Å². The second kappa shape index (κ2) is 12.8. The van der Waals surface area contributed by atoms with Crippen molar-refractivity contribution in [3.63, 3.8) is 0 Å². The molecule has 1 heterocycles. The Morgan fingerprint density at radius 1 is 1.08 bits per heavy atom. The molecule has 3 atom stereocenters. The van der Waals surface area contributed by atoms with Gasteiger partial charge in [0.15, 0.2) is 0 Å². The summed E-state index contributed by atoms with van der Waals surface area (Å²) in [6.45, 7) is 16.8. The van der Waals surface area contributed by atoms with E-state index >= 15 is 0 Å². The van der Waals surface area contributed by atoms with E-state index in [1.807, 2.05) is 58.0 Å². The number of ether oxygens (including phenoxy) is 3. The molecule has 1 aliphatic rings. The lowest BCUT2D eigenvalue weighted by Gasteiger charge is -2.36. The van der Waals surface area contributed by atoms with Crippen LogP contribution in [0.2, 0.25) is 0 Å². The van der Waals surface area contributed by atoms with Crippen LogP contribution in [0.3, 0.4) is 0 Å². The number of amides is 2. The Hall–Kier alpha value is -2.81. The Morgan fingerprint density at radius 3 is 2.18 bits per heavy atom. The van der Waals surface area contributed by atoms with Crippen LogP contribution in [0.1, 0.15) is 80.7 Å². The van der Waals surface area contributed by atoms with Crippen LogP contribution < -0.4 is 0 Å². The number of hydrogen-bond acceptors (Lipinski definition) is 6. The monoisotopic (exact) mass is 534 g/mol. The molecule has 1 fully saturated rings. The fourth-order valence-electron chi connectivity index (χ4n) is 4.77. The number of carbonyl (C=O) groups is 3. The van der Waals surface area contributed by atoms with Gasteiger partial charge in [0.25, 0.3) is 0 Å². The lowest BCUT2D eigenvalue weighted by molar-refractivity contribution is -0.144. The number of nitrogens with zero attached hydrogens (tertiary/aromatic N) is 2. The molecule has 1 N–H and O–H groups in total. The van der Waals surface area contributed by atoms with Crippen LogP contribution in [0.4, 0.5) is 9.59 Å². The molecule has 2 unspecified atom stereocenters. The van der Waals surface area contributed by atoms with Crippen LogP contribution >= 0.6 is 0 Å². The molecule has 0 radical (unpaired) electrons. The van der Waals surface area contributed by atoms with Crippen molar-refractivity contribution in [2.45, 2.75) is 111 Å². The van der Waals surface area contributed by atoms with Crippen molar-refractivity contribution >= 4 is 18.2 Å². The van der Waals surface area contributed by atoms with Gasteiger partial charge in [-0.2, -0.15) is 0 Å². The summed E-state index contributed by atoms with van der Waals surface area (Å²) < 4.78 is 17.7. The first-order valence-corrected chi connectivity index (χ1v) is 13.4. The van der Waals surface area contributed by atoms with Gasteiger partial charge in [0.1, 0.15) is 24.0 Å². The van der Waals surface area contributed by atoms with E-state index in [9.17, 15) is 19.5 Å². The zero-order chi connectivity index (χ0) is 28.8. The zero-order valence-electron chi connectivity index (χ0n) is 24.4. The SMILES string of the molecule is CC(C)CC1C(CN(C(=O)OCc2ccccc2)[C@@H](CC(C)C)C(=O)O)OC(C)(C)N1C(=O)OC(C)(C)C.